The molecule has 1 amide bonds. The van der Waals surface area contributed by atoms with Crippen LogP contribution in [0.1, 0.15) is 40.9 Å². The average molecular weight is 327 g/mol. The lowest BCUT2D eigenvalue weighted by atomic mass is 10.0. The Morgan fingerprint density at radius 2 is 1.88 bits per heavy atom. The number of nitro groups is 1. The first-order valence-electron chi connectivity index (χ1n) is 7.79. The third kappa shape index (κ3) is 3.90. The second-order valence-electron chi connectivity index (χ2n) is 5.58. The Morgan fingerprint density at radius 3 is 2.42 bits per heavy atom. The zero-order valence-corrected chi connectivity index (χ0v) is 14.0. The molecule has 0 bridgehead atoms. The maximum atomic E-state index is 12.5. The van der Waals surface area contributed by atoms with Crippen molar-refractivity contribution in [2.45, 2.75) is 26.3 Å². The first kappa shape index (κ1) is 17.5. The number of rotatable bonds is 6. The molecule has 6 heteroatoms. The van der Waals surface area contributed by atoms with Crippen LogP contribution in [0, 0.1) is 17.0 Å². The van der Waals surface area contributed by atoms with Crippen LogP contribution in [0.2, 0.25) is 0 Å². The van der Waals surface area contributed by atoms with E-state index in [0.29, 0.717) is 5.69 Å². The number of carbonyl (C=O) groups is 1. The number of nitro benzene ring substituents is 1. The van der Waals surface area contributed by atoms with Gasteiger partial charge in [-0.25, -0.2) is 0 Å². The molecule has 0 aliphatic heterocycles. The number of hydrogen-bond donors (Lipinski definition) is 2. The van der Waals surface area contributed by atoms with Gasteiger partial charge < -0.3 is 10.6 Å². The molecule has 2 aromatic rings. The van der Waals surface area contributed by atoms with Gasteiger partial charge in [-0.3, -0.25) is 14.9 Å². The van der Waals surface area contributed by atoms with Gasteiger partial charge in [0.2, 0.25) is 0 Å². The van der Waals surface area contributed by atoms with Crippen molar-refractivity contribution in [3.63, 3.8) is 0 Å². The molecule has 0 aliphatic rings. The second kappa shape index (κ2) is 7.59. The molecule has 1 atom stereocenters. The van der Waals surface area contributed by atoms with Gasteiger partial charge in [-0.15, -0.1) is 0 Å². The fraction of sp³-hybridized carbons (Fsp3) is 0.278. The molecule has 6 nitrogen and oxygen atoms in total. The third-order valence-electron chi connectivity index (χ3n) is 3.92. The Labute approximate surface area is 141 Å². The van der Waals surface area contributed by atoms with Crippen molar-refractivity contribution < 1.29 is 9.72 Å². The molecule has 2 rings (SSSR count). The van der Waals surface area contributed by atoms with Crippen molar-refractivity contribution in [2.24, 2.45) is 0 Å². The van der Waals surface area contributed by atoms with Gasteiger partial charge in [0.1, 0.15) is 5.69 Å². The highest BCUT2D eigenvalue weighted by Crippen LogP contribution is 2.25. The highest BCUT2D eigenvalue weighted by molar-refractivity contribution is 5.96. The van der Waals surface area contributed by atoms with Crippen molar-refractivity contribution in [1.82, 2.24) is 5.32 Å². The monoisotopic (exact) mass is 327 g/mol. The highest BCUT2D eigenvalue weighted by Gasteiger charge is 2.19. The SMILES string of the molecule is CC[C@H](NC(=O)c1ccc(NC)c([N+](=O)[O-])c1)c1ccc(C)cc1. The van der Waals surface area contributed by atoms with Gasteiger partial charge in [0.25, 0.3) is 11.6 Å². The standard InChI is InChI=1S/C18H21N3O3/c1-4-15(13-7-5-12(2)6-8-13)20-18(22)14-9-10-16(19-3)17(11-14)21(23)24/h5-11,15,19H,4H2,1-3H3,(H,20,22)/t15-/m0/s1. The van der Waals surface area contributed by atoms with Gasteiger partial charge in [-0.2, -0.15) is 0 Å². The molecule has 0 unspecified atom stereocenters. The minimum Gasteiger partial charge on any atom is -0.383 e. The predicted molar refractivity (Wildman–Crippen MR) is 94.3 cm³/mol. The first-order valence-corrected chi connectivity index (χ1v) is 7.79. The fourth-order valence-electron chi connectivity index (χ4n) is 2.50. The molecule has 0 saturated heterocycles. The number of benzene rings is 2. The molecule has 0 aromatic heterocycles. The Hall–Kier alpha value is -2.89. The summed E-state index contributed by atoms with van der Waals surface area (Å²) in [6.07, 6.45) is 0.728. The number of hydrogen-bond acceptors (Lipinski definition) is 4. The lowest BCUT2D eigenvalue weighted by molar-refractivity contribution is -0.384. The topological polar surface area (TPSA) is 84.3 Å². The number of amides is 1. The maximum absolute atomic E-state index is 12.5. The van der Waals surface area contributed by atoms with E-state index < -0.39 is 4.92 Å². The van der Waals surface area contributed by atoms with Gasteiger partial charge in [-0.05, 0) is 31.0 Å². The summed E-state index contributed by atoms with van der Waals surface area (Å²) in [5, 5.41) is 16.8. The zero-order valence-electron chi connectivity index (χ0n) is 14.0. The molecule has 0 spiro atoms. The van der Waals surface area contributed by atoms with Crippen LogP contribution in [-0.4, -0.2) is 17.9 Å². The predicted octanol–water partition coefficient (Wildman–Crippen LogP) is 3.83. The van der Waals surface area contributed by atoms with Crippen LogP contribution >= 0.6 is 0 Å². The van der Waals surface area contributed by atoms with E-state index in [4.69, 9.17) is 0 Å². The van der Waals surface area contributed by atoms with E-state index >= 15 is 0 Å². The third-order valence-corrected chi connectivity index (χ3v) is 3.92. The van der Waals surface area contributed by atoms with Gasteiger partial charge in [0.15, 0.2) is 0 Å². The van der Waals surface area contributed by atoms with Crippen LogP contribution < -0.4 is 10.6 Å². The van der Waals surface area contributed by atoms with E-state index in [1.807, 2.05) is 38.1 Å². The minimum atomic E-state index is -0.500. The Morgan fingerprint density at radius 1 is 1.21 bits per heavy atom. The highest BCUT2D eigenvalue weighted by atomic mass is 16.6. The van der Waals surface area contributed by atoms with Crippen LogP contribution in [0.4, 0.5) is 11.4 Å². The molecule has 24 heavy (non-hydrogen) atoms. The van der Waals surface area contributed by atoms with E-state index in [-0.39, 0.29) is 23.2 Å². The molecular weight excluding hydrogens is 306 g/mol. The summed E-state index contributed by atoms with van der Waals surface area (Å²) in [7, 11) is 1.60. The van der Waals surface area contributed by atoms with E-state index in [1.165, 1.54) is 6.07 Å². The normalized spacial score (nSPS) is 11.6. The van der Waals surface area contributed by atoms with Gasteiger partial charge >= 0.3 is 0 Å². The van der Waals surface area contributed by atoms with E-state index in [9.17, 15) is 14.9 Å². The van der Waals surface area contributed by atoms with Crippen molar-refractivity contribution in [2.75, 3.05) is 12.4 Å². The lowest BCUT2D eigenvalue weighted by Crippen LogP contribution is -2.28. The van der Waals surface area contributed by atoms with Gasteiger partial charge in [0.05, 0.1) is 11.0 Å². The smallest absolute Gasteiger partial charge is 0.293 e. The minimum absolute atomic E-state index is 0.117. The van der Waals surface area contributed by atoms with Crippen molar-refractivity contribution in [3.8, 4) is 0 Å². The van der Waals surface area contributed by atoms with Crippen molar-refractivity contribution in [1.29, 1.82) is 0 Å². The molecule has 0 aliphatic carbocycles. The summed E-state index contributed by atoms with van der Waals surface area (Å²) in [6.45, 7) is 3.99. The summed E-state index contributed by atoms with van der Waals surface area (Å²) in [5.74, 6) is -0.326. The van der Waals surface area contributed by atoms with Crippen LogP contribution in [0.3, 0.4) is 0 Å². The van der Waals surface area contributed by atoms with Gasteiger partial charge in [0, 0.05) is 18.7 Å². The summed E-state index contributed by atoms with van der Waals surface area (Å²) in [6, 6.07) is 12.2. The molecule has 2 N–H and O–H groups in total. The number of anilines is 1. The number of aryl methyl sites for hydroxylation is 1. The maximum Gasteiger partial charge on any atom is 0.293 e. The van der Waals surface area contributed by atoms with E-state index in [1.54, 1.807) is 19.2 Å². The second-order valence-corrected chi connectivity index (χ2v) is 5.58. The van der Waals surface area contributed by atoms with Crippen LogP contribution in [-0.2, 0) is 0 Å². The molecule has 0 radical (unpaired) electrons. The van der Waals surface area contributed by atoms with Crippen LogP contribution in [0.25, 0.3) is 0 Å². The van der Waals surface area contributed by atoms with Crippen molar-refractivity contribution in [3.05, 3.63) is 69.3 Å². The molecule has 0 heterocycles. The average Bonchev–Trinajstić information content (AvgIpc) is 2.59. The number of nitrogens with zero attached hydrogens (tertiary/aromatic N) is 1. The molecular formula is C18H21N3O3. The number of carbonyl (C=O) groups excluding carboxylic acids is 1. The molecule has 126 valence electrons. The van der Waals surface area contributed by atoms with E-state index in [0.717, 1.165) is 17.5 Å². The van der Waals surface area contributed by atoms with Crippen LogP contribution in [0.5, 0.6) is 0 Å². The van der Waals surface area contributed by atoms with Crippen LogP contribution in [0.15, 0.2) is 42.5 Å². The van der Waals surface area contributed by atoms with E-state index in [2.05, 4.69) is 10.6 Å². The Bertz CT molecular complexity index is 742. The summed E-state index contributed by atoms with van der Waals surface area (Å²) < 4.78 is 0. The lowest BCUT2D eigenvalue weighted by Gasteiger charge is -2.18. The zero-order chi connectivity index (χ0) is 17.7. The molecule has 2 aromatic carbocycles. The summed E-state index contributed by atoms with van der Waals surface area (Å²) in [5.41, 5.74) is 2.69. The molecule has 0 fully saturated rings. The first-order chi connectivity index (χ1) is 11.5. The summed E-state index contributed by atoms with van der Waals surface area (Å²) >= 11 is 0. The Kier molecular flexibility index (Phi) is 5.52. The Balaban J connectivity index is 2.23. The number of nitrogens with one attached hydrogen (secondary N) is 2. The van der Waals surface area contributed by atoms with Crippen molar-refractivity contribution >= 4 is 17.3 Å². The fourth-order valence-corrected chi connectivity index (χ4v) is 2.50. The molecule has 0 saturated carbocycles. The largest absolute Gasteiger partial charge is 0.383 e. The quantitative estimate of drug-likeness (QED) is 0.624. The van der Waals surface area contributed by atoms with Gasteiger partial charge in [-0.1, -0.05) is 36.8 Å². The summed E-state index contributed by atoms with van der Waals surface area (Å²) in [4.78, 5) is 23.1.